The lowest BCUT2D eigenvalue weighted by molar-refractivity contribution is -0.165. The fourth-order valence-corrected chi connectivity index (χ4v) is 4.84. The lowest BCUT2D eigenvalue weighted by Crippen LogP contribution is -2.48. The first-order valence-corrected chi connectivity index (χ1v) is 10.6. The van der Waals surface area contributed by atoms with E-state index in [2.05, 4.69) is 32.9 Å². The summed E-state index contributed by atoms with van der Waals surface area (Å²) in [6.07, 6.45) is 13.5. The van der Waals surface area contributed by atoms with Crippen LogP contribution in [0.2, 0.25) is 0 Å². The maximum atomic E-state index is 5.84. The van der Waals surface area contributed by atoms with Crippen molar-refractivity contribution in [3.05, 3.63) is 36.9 Å². The first-order chi connectivity index (χ1) is 14.7. The summed E-state index contributed by atoms with van der Waals surface area (Å²) in [7, 11) is 1.90. The molecule has 5 heterocycles. The van der Waals surface area contributed by atoms with E-state index in [9.17, 15) is 0 Å². The monoisotopic (exact) mass is 403 g/mol. The zero-order valence-corrected chi connectivity index (χ0v) is 17.0. The first kappa shape index (κ1) is 17.7. The molecule has 30 heavy (non-hydrogen) atoms. The minimum Gasteiger partial charge on any atom is -0.375 e. The van der Waals surface area contributed by atoms with Gasteiger partial charge in [0, 0.05) is 49.0 Å². The van der Waals surface area contributed by atoms with Crippen molar-refractivity contribution in [2.24, 2.45) is 0 Å². The SMILES string of the molecule is CNc1nc(NC2CCC3(CCO3)CC2)nc2[nH]cc(-c3ccc4nccn4c3)c12. The molecule has 2 fully saturated rings. The molecule has 0 amide bonds. The van der Waals surface area contributed by atoms with E-state index >= 15 is 0 Å². The number of pyridine rings is 1. The highest BCUT2D eigenvalue weighted by atomic mass is 16.5. The van der Waals surface area contributed by atoms with E-state index in [0.29, 0.717) is 12.0 Å². The number of rotatable bonds is 4. The van der Waals surface area contributed by atoms with Gasteiger partial charge in [0.1, 0.15) is 17.1 Å². The van der Waals surface area contributed by atoms with Crippen LogP contribution in [0, 0.1) is 0 Å². The molecule has 0 aromatic carbocycles. The molecule has 8 nitrogen and oxygen atoms in total. The molecule has 1 saturated carbocycles. The standard InChI is InChI=1S/C22H25N7O/c1-23-19-18-16(14-2-3-17-24-9-10-29(17)13-14)12-25-20(18)28-21(27-19)26-15-4-6-22(7-5-15)8-11-30-22/h2-3,9-10,12-13,15H,4-8,11H2,1H3,(H3,23,25,26,27,28). The second-order valence-electron chi connectivity index (χ2n) is 8.38. The van der Waals surface area contributed by atoms with Gasteiger partial charge in [-0.2, -0.15) is 9.97 Å². The van der Waals surface area contributed by atoms with E-state index in [-0.39, 0.29) is 5.60 Å². The summed E-state index contributed by atoms with van der Waals surface area (Å²) >= 11 is 0. The van der Waals surface area contributed by atoms with Gasteiger partial charge in [0.05, 0.1) is 17.6 Å². The maximum absolute atomic E-state index is 5.84. The van der Waals surface area contributed by atoms with Crippen LogP contribution in [0.3, 0.4) is 0 Å². The maximum Gasteiger partial charge on any atom is 0.226 e. The minimum atomic E-state index is 0.170. The molecule has 3 N–H and O–H groups in total. The Morgan fingerprint density at radius 3 is 2.83 bits per heavy atom. The zero-order valence-electron chi connectivity index (χ0n) is 17.0. The predicted molar refractivity (Wildman–Crippen MR) is 117 cm³/mol. The van der Waals surface area contributed by atoms with Crippen LogP contribution in [-0.4, -0.2) is 49.6 Å². The number of aromatic nitrogens is 5. The number of anilines is 2. The van der Waals surface area contributed by atoms with Gasteiger partial charge in [0.2, 0.25) is 5.95 Å². The summed E-state index contributed by atoms with van der Waals surface area (Å²) in [5.41, 5.74) is 4.08. The Balaban J connectivity index is 1.31. The van der Waals surface area contributed by atoms with Gasteiger partial charge < -0.3 is 24.8 Å². The predicted octanol–water partition coefficient (Wildman–Crippen LogP) is 3.83. The van der Waals surface area contributed by atoms with Crippen LogP contribution >= 0.6 is 0 Å². The molecule has 1 saturated heterocycles. The van der Waals surface area contributed by atoms with Crippen molar-refractivity contribution in [3.8, 4) is 11.1 Å². The molecule has 4 aromatic rings. The molecule has 0 atom stereocenters. The fraction of sp³-hybridized carbons (Fsp3) is 0.409. The highest BCUT2D eigenvalue weighted by molar-refractivity contribution is 6.01. The molecular formula is C22H25N7O. The van der Waals surface area contributed by atoms with Gasteiger partial charge in [-0.05, 0) is 44.2 Å². The Kier molecular flexibility index (Phi) is 3.95. The molecule has 2 aliphatic rings. The van der Waals surface area contributed by atoms with Gasteiger partial charge in [-0.3, -0.25) is 0 Å². The van der Waals surface area contributed by atoms with Gasteiger partial charge >= 0.3 is 0 Å². The number of aromatic amines is 1. The van der Waals surface area contributed by atoms with Crippen molar-refractivity contribution in [3.63, 3.8) is 0 Å². The van der Waals surface area contributed by atoms with E-state index in [1.54, 1.807) is 6.20 Å². The van der Waals surface area contributed by atoms with Gasteiger partial charge in [-0.15, -0.1) is 0 Å². The minimum absolute atomic E-state index is 0.170. The summed E-state index contributed by atoms with van der Waals surface area (Å²) in [6, 6.07) is 4.49. The Labute approximate surface area is 174 Å². The molecule has 0 bridgehead atoms. The average molecular weight is 403 g/mol. The number of hydrogen-bond acceptors (Lipinski definition) is 6. The Morgan fingerprint density at radius 1 is 1.20 bits per heavy atom. The van der Waals surface area contributed by atoms with Crippen LogP contribution in [0.5, 0.6) is 0 Å². The first-order valence-electron chi connectivity index (χ1n) is 10.6. The molecule has 1 aliphatic carbocycles. The molecular weight excluding hydrogens is 378 g/mol. The average Bonchev–Trinajstić information content (AvgIpc) is 3.39. The van der Waals surface area contributed by atoms with Crippen molar-refractivity contribution in [2.75, 3.05) is 24.3 Å². The van der Waals surface area contributed by atoms with Crippen LogP contribution in [-0.2, 0) is 4.74 Å². The van der Waals surface area contributed by atoms with E-state index in [0.717, 1.165) is 65.9 Å². The molecule has 1 aliphatic heterocycles. The molecule has 4 aromatic heterocycles. The highest BCUT2D eigenvalue weighted by Gasteiger charge is 2.41. The van der Waals surface area contributed by atoms with Gasteiger partial charge in [-0.25, -0.2) is 4.98 Å². The van der Waals surface area contributed by atoms with E-state index < -0.39 is 0 Å². The van der Waals surface area contributed by atoms with Crippen LogP contribution in [0.25, 0.3) is 27.8 Å². The number of ether oxygens (including phenoxy) is 1. The van der Waals surface area contributed by atoms with Gasteiger partial charge in [-0.1, -0.05) is 0 Å². The summed E-state index contributed by atoms with van der Waals surface area (Å²) in [6.45, 7) is 0.923. The van der Waals surface area contributed by atoms with Crippen molar-refractivity contribution in [2.45, 2.75) is 43.7 Å². The number of nitrogens with zero attached hydrogens (tertiary/aromatic N) is 4. The lowest BCUT2D eigenvalue weighted by Gasteiger charge is -2.46. The summed E-state index contributed by atoms with van der Waals surface area (Å²) < 4.78 is 7.86. The van der Waals surface area contributed by atoms with Crippen molar-refractivity contribution >= 4 is 28.4 Å². The highest BCUT2D eigenvalue weighted by Crippen LogP contribution is 2.41. The molecule has 0 unspecified atom stereocenters. The number of imidazole rings is 1. The van der Waals surface area contributed by atoms with E-state index in [1.807, 2.05) is 29.9 Å². The quantitative estimate of drug-likeness (QED) is 0.480. The molecule has 154 valence electrons. The van der Waals surface area contributed by atoms with Crippen LogP contribution in [0.4, 0.5) is 11.8 Å². The second kappa shape index (κ2) is 6.70. The third-order valence-electron chi connectivity index (χ3n) is 6.66. The summed E-state index contributed by atoms with van der Waals surface area (Å²) in [5, 5.41) is 7.80. The van der Waals surface area contributed by atoms with Crippen LogP contribution in [0.1, 0.15) is 32.1 Å². The number of hydrogen-bond donors (Lipinski definition) is 3. The third-order valence-corrected chi connectivity index (χ3v) is 6.66. The van der Waals surface area contributed by atoms with Gasteiger partial charge in [0.25, 0.3) is 0 Å². The number of H-pyrrole nitrogens is 1. The largest absolute Gasteiger partial charge is 0.375 e. The normalized spacial score (nSPS) is 23.7. The second-order valence-corrected chi connectivity index (χ2v) is 8.38. The molecule has 1 spiro atoms. The Bertz CT molecular complexity index is 1210. The third kappa shape index (κ3) is 2.82. The summed E-state index contributed by atoms with van der Waals surface area (Å²) in [5.74, 6) is 1.49. The molecule has 0 radical (unpaired) electrons. The fourth-order valence-electron chi connectivity index (χ4n) is 4.84. The van der Waals surface area contributed by atoms with Gasteiger partial charge in [0.15, 0.2) is 0 Å². The van der Waals surface area contributed by atoms with Crippen LogP contribution < -0.4 is 10.6 Å². The molecule has 8 heteroatoms. The van der Waals surface area contributed by atoms with Crippen LogP contribution in [0.15, 0.2) is 36.9 Å². The van der Waals surface area contributed by atoms with Crippen molar-refractivity contribution < 1.29 is 4.74 Å². The van der Waals surface area contributed by atoms with Crippen molar-refractivity contribution in [1.29, 1.82) is 0 Å². The lowest BCUT2D eigenvalue weighted by atomic mass is 9.77. The Morgan fingerprint density at radius 2 is 2.07 bits per heavy atom. The summed E-state index contributed by atoms with van der Waals surface area (Å²) in [4.78, 5) is 17.2. The zero-order chi connectivity index (χ0) is 20.1. The smallest absolute Gasteiger partial charge is 0.226 e. The number of nitrogens with one attached hydrogen (secondary N) is 3. The molecule has 6 rings (SSSR count). The van der Waals surface area contributed by atoms with Crippen molar-refractivity contribution in [1.82, 2.24) is 24.3 Å². The topological polar surface area (TPSA) is 92.2 Å². The number of fused-ring (bicyclic) bond motifs is 2. The van der Waals surface area contributed by atoms with E-state index in [4.69, 9.17) is 14.7 Å². The van der Waals surface area contributed by atoms with E-state index in [1.165, 1.54) is 6.42 Å². The Hall–Kier alpha value is -3.13.